The first-order chi connectivity index (χ1) is 12.6. The molecule has 0 bridgehead atoms. The molecule has 4 heteroatoms. The van der Waals surface area contributed by atoms with Gasteiger partial charge >= 0.3 is 0 Å². The smallest absolute Gasteiger partial charge is 0.202 e. The molecule has 3 nitrogen and oxygen atoms in total. The molecule has 0 aromatic heterocycles. The molecule has 26 heavy (non-hydrogen) atoms. The number of hydrogen-bond donors (Lipinski definition) is 1. The maximum Gasteiger partial charge on any atom is 0.202 e. The van der Waals surface area contributed by atoms with E-state index >= 15 is 0 Å². The van der Waals surface area contributed by atoms with E-state index in [1.54, 1.807) is 11.8 Å². The van der Waals surface area contributed by atoms with Gasteiger partial charge in [0.2, 0.25) is 5.96 Å². The van der Waals surface area contributed by atoms with E-state index in [-0.39, 0.29) is 0 Å². The Bertz CT molecular complexity index is 979. The van der Waals surface area contributed by atoms with Gasteiger partial charge in [0, 0.05) is 30.4 Å². The number of thioether (sulfide) groups is 1. The normalized spacial score (nSPS) is 12.4. The Balaban J connectivity index is 1.66. The van der Waals surface area contributed by atoms with Crippen LogP contribution in [0.15, 0.2) is 59.5 Å². The highest BCUT2D eigenvalue weighted by molar-refractivity contribution is 7.98. The molecule has 3 aromatic carbocycles. The Labute approximate surface area is 159 Å². The highest BCUT2D eigenvalue weighted by Gasteiger charge is 2.22. The molecule has 0 radical (unpaired) electrons. The summed E-state index contributed by atoms with van der Waals surface area (Å²) >= 11 is 1.73. The van der Waals surface area contributed by atoms with Gasteiger partial charge in [0.1, 0.15) is 0 Å². The van der Waals surface area contributed by atoms with Crippen molar-refractivity contribution in [3.63, 3.8) is 0 Å². The summed E-state index contributed by atoms with van der Waals surface area (Å²) in [6.45, 7) is 0. The molecule has 1 aliphatic rings. The number of nitrogens with zero attached hydrogens (tertiary/aromatic N) is 2. The summed E-state index contributed by atoms with van der Waals surface area (Å²) in [5.41, 5.74) is 4.97. The molecule has 0 amide bonds. The van der Waals surface area contributed by atoms with Crippen LogP contribution >= 0.6 is 11.8 Å². The van der Waals surface area contributed by atoms with Gasteiger partial charge in [0.05, 0.1) is 0 Å². The number of rotatable bonds is 3. The topological polar surface area (TPSA) is 30.3 Å². The van der Waals surface area contributed by atoms with Crippen LogP contribution < -0.4 is 9.80 Å². The van der Waals surface area contributed by atoms with Crippen LogP contribution in [0.5, 0.6) is 0 Å². The van der Waals surface area contributed by atoms with Gasteiger partial charge in [-0.3, -0.25) is 5.41 Å². The van der Waals surface area contributed by atoms with E-state index in [9.17, 15) is 0 Å². The van der Waals surface area contributed by atoms with Gasteiger partial charge in [-0.1, -0.05) is 24.3 Å². The Kier molecular flexibility index (Phi) is 4.37. The fraction of sp³-hybridized carbons (Fsp3) is 0.227. The minimum atomic E-state index is 0.474. The molecule has 0 saturated heterocycles. The Morgan fingerprint density at radius 2 is 1.69 bits per heavy atom. The molecule has 4 rings (SSSR count). The van der Waals surface area contributed by atoms with Crippen LogP contribution in [0.3, 0.4) is 0 Å². The summed E-state index contributed by atoms with van der Waals surface area (Å²) in [7, 11) is 3.95. The molecule has 1 N–H and O–H groups in total. The third-order valence-corrected chi connectivity index (χ3v) is 6.06. The van der Waals surface area contributed by atoms with E-state index in [1.165, 1.54) is 26.8 Å². The summed E-state index contributed by atoms with van der Waals surface area (Å²) in [5.74, 6) is 0.474. The summed E-state index contributed by atoms with van der Waals surface area (Å²) in [6, 6.07) is 19.3. The lowest BCUT2D eigenvalue weighted by molar-refractivity contribution is 1.01. The van der Waals surface area contributed by atoms with Gasteiger partial charge in [-0.15, -0.1) is 11.8 Å². The van der Waals surface area contributed by atoms with Gasteiger partial charge in [0.25, 0.3) is 0 Å². The fourth-order valence-corrected chi connectivity index (χ4v) is 4.24. The van der Waals surface area contributed by atoms with Crippen molar-refractivity contribution < 1.29 is 0 Å². The average molecular weight is 362 g/mol. The number of benzene rings is 3. The molecule has 1 aliphatic carbocycles. The van der Waals surface area contributed by atoms with E-state index in [0.29, 0.717) is 5.96 Å². The van der Waals surface area contributed by atoms with Gasteiger partial charge in [0.15, 0.2) is 0 Å². The quantitative estimate of drug-likeness (QED) is 0.397. The second-order valence-corrected chi connectivity index (χ2v) is 7.60. The van der Waals surface area contributed by atoms with E-state index in [1.807, 2.05) is 23.9 Å². The van der Waals surface area contributed by atoms with Gasteiger partial charge in [-0.2, -0.15) is 0 Å². The second-order valence-electron chi connectivity index (χ2n) is 6.72. The molecule has 0 heterocycles. The van der Waals surface area contributed by atoms with Crippen LogP contribution in [-0.2, 0) is 12.8 Å². The van der Waals surface area contributed by atoms with Crippen molar-refractivity contribution in [1.82, 2.24) is 0 Å². The minimum absolute atomic E-state index is 0.474. The van der Waals surface area contributed by atoms with Gasteiger partial charge < -0.3 is 9.80 Å². The predicted molar refractivity (Wildman–Crippen MR) is 114 cm³/mol. The van der Waals surface area contributed by atoms with E-state index in [0.717, 1.165) is 24.2 Å². The van der Waals surface area contributed by atoms with Crippen LogP contribution in [0.25, 0.3) is 10.8 Å². The highest BCUT2D eigenvalue weighted by Crippen LogP contribution is 2.37. The molecule has 0 unspecified atom stereocenters. The van der Waals surface area contributed by atoms with Crippen LogP contribution in [0.1, 0.15) is 11.1 Å². The summed E-state index contributed by atoms with van der Waals surface area (Å²) in [4.78, 5) is 5.17. The van der Waals surface area contributed by atoms with Crippen LogP contribution in [0, 0.1) is 5.41 Å². The third kappa shape index (κ3) is 2.74. The first-order valence-corrected chi connectivity index (χ1v) is 10.1. The molecule has 0 fully saturated rings. The number of aryl methyl sites for hydroxylation is 2. The number of nitrogens with one attached hydrogen (secondary N) is 1. The highest BCUT2D eigenvalue weighted by atomic mass is 32.2. The Morgan fingerprint density at radius 1 is 0.923 bits per heavy atom. The van der Waals surface area contributed by atoms with Crippen LogP contribution in [0.2, 0.25) is 0 Å². The van der Waals surface area contributed by atoms with Crippen molar-refractivity contribution >= 4 is 39.9 Å². The van der Waals surface area contributed by atoms with Crippen molar-refractivity contribution in [2.45, 2.75) is 17.7 Å². The summed E-state index contributed by atoms with van der Waals surface area (Å²) < 4.78 is 0. The molecule has 0 saturated carbocycles. The van der Waals surface area contributed by atoms with Crippen molar-refractivity contribution in [3.8, 4) is 0 Å². The number of anilines is 2. The van der Waals surface area contributed by atoms with Crippen molar-refractivity contribution in [3.05, 3.63) is 65.7 Å². The Morgan fingerprint density at radius 3 is 2.42 bits per heavy atom. The summed E-state index contributed by atoms with van der Waals surface area (Å²) in [5, 5.41) is 11.4. The number of guanidine groups is 1. The number of hydrogen-bond acceptors (Lipinski definition) is 2. The fourth-order valence-electron chi connectivity index (χ4n) is 3.83. The lowest BCUT2D eigenvalue weighted by Crippen LogP contribution is -2.40. The van der Waals surface area contributed by atoms with Crippen molar-refractivity contribution in [2.75, 3.05) is 30.2 Å². The van der Waals surface area contributed by atoms with E-state index < -0.39 is 0 Å². The molecular formula is C22H23N3S. The molecule has 0 spiro atoms. The molecule has 3 aromatic rings. The zero-order valence-corrected chi connectivity index (χ0v) is 16.2. The average Bonchev–Trinajstić information content (AvgIpc) is 3.12. The molecule has 132 valence electrons. The lowest BCUT2D eigenvalue weighted by Gasteiger charge is -2.29. The first kappa shape index (κ1) is 17.0. The third-order valence-electron chi connectivity index (χ3n) is 5.32. The van der Waals surface area contributed by atoms with Crippen LogP contribution in [-0.4, -0.2) is 26.3 Å². The first-order valence-electron chi connectivity index (χ1n) is 8.83. The maximum absolute atomic E-state index is 8.72. The molecular weight excluding hydrogens is 338 g/mol. The van der Waals surface area contributed by atoms with E-state index in [2.05, 4.69) is 60.9 Å². The summed E-state index contributed by atoms with van der Waals surface area (Å²) in [6.07, 6.45) is 4.22. The second kappa shape index (κ2) is 6.69. The maximum atomic E-state index is 8.72. The molecule has 0 atom stereocenters. The standard InChI is InChI=1S/C22H23N3S/c1-24(17-9-11-18(26-3)12-10-17)22(23)25(2)20-14-8-16-6-4-5-15-7-13-19(20)21(15)16/h4-6,8-12,14,23H,7,13H2,1-3H3. The van der Waals surface area contributed by atoms with Crippen LogP contribution in [0.4, 0.5) is 11.4 Å². The SMILES string of the molecule is CSc1ccc(N(C)C(=N)N(C)c2ccc3cccc4c3c2CC4)cc1. The lowest BCUT2D eigenvalue weighted by atomic mass is 10.0. The van der Waals surface area contributed by atoms with Crippen molar-refractivity contribution in [1.29, 1.82) is 5.41 Å². The Hall–Kier alpha value is -2.46. The monoisotopic (exact) mass is 361 g/mol. The predicted octanol–water partition coefficient (Wildman–Crippen LogP) is 5.17. The molecule has 0 aliphatic heterocycles. The van der Waals surface area contributed by atoms with Gasteiger partial charge in [-0.05, 0) is 71.3 Å². The zero-order valence-electron chi connectivity index (χ0n) is 15.4. The largest absolute Gasteiger partial charge is 0.316 e. The minimum Gasteiger partial charge on any atom is -0.316 e. The van der Waals surface area contributed by atoms with Gasteiger partial charge in [-0.25, -0.2) is 0 Å². The zero-order chi connectivity index (χ0) is 18.3. The van der Waals surface area contributed by atoms with E-state index in [4.69, 9.17) is 5.41 Å². The van der Waals surface area contributed by atoms with Crippen molar-refractivity contribution in [2.24, 2.45) is 0 Å².